The van der Waals surface area contributed by atoms with E-state index < -0.39 is 10.0 Å². The number of amidine groups is 1. The maximum Gasteiger partial charge on any atom is 0.261 e. The van der Waals surface area contributed by atoms with Crippen LogP contribution in [0, 0.1) is 0 Å². The highest BCUT2D eigenvalue weighted by molar-refractivity contribution is 7.89. The van der Waals surface area contributed by atoms with Gasteiger partial charge in [-0.1, -0.05) is 92.0 Å². The van der Waals surface area contributed by atoms with E-state index in [1.807, 2.05) is 65.6 Å². The quantitative estimate of drug-likeness (QED) is 0.394. The van der Waals surface area contributed by atoms with Crippen LogP contribution in [-0.4, -0.2) is 19.2 Å². The molecule has 0 bridgehead atoms. The van der Waals surface area contributed by atoms with Crippen LogP contribution in [0.25, 0.3) is 0 Å². The number of benzene rings is 3. The molecule has 0 saturated heterocycles. The summed E-state index contributed by atoms with van der Waals surface area (Å²) in [6.45, 7) is 8.72. The third kappa shape index (κ3) is 6.17. The third-order valence-electron chi connectivity index (χ3n) is 4.53. The Labute approximate surface area is 184 Å². The monoisotopic (exact) mass is 431 g/mol. The molecule has 0 aliphatic heterocycles. The fraction of sp³-hybridized carbons (Fsp3) is 0.0800. The molecule has 0 aliphatic carbocycles. The summed E-state index contributed by atoms with van der Waals surface area (Å²) in [6, 6.07) is 28.0. The number of hydrogen-bond donors (Lipinski definition) is 1. The molecule has 3 rings (SSSR count). The van der Waals surface area contributed by atoms with Crippen LogP contribution >= 0.6 is 0 Å². The summed E-state index contributed by atoms with van der Waals surface area (Å²) in [4.78, 5) is 6.51. The molecule has 0 spiro atoms. The van der Waals surface area contributed by atoms with Gasteiger partial charge in [-0.05, 0) is 23.3 Å². The van der Waals surface area contributed by atoms with E-state index in [9.17, 15) is 8.42 Å². The molecule has 1 N–H and O–H groups in total. The van der Waals surface area contributed by atoms with Crippen molar-refractivity contribution in [3.8, 4) is 0 Å². The minimum absolute atomic E-state index is 0.159. The summed E-state index contributed by atoms with van der Waals surface area (Å²) >= 11 is 0. The maximum absolute atomic E-state index is 12.8. The van der Waals surface area contributed by atoms with E-state index in [0.717, 1.165) is 11.1 Å². The van der Waals surface area contributed by atoms with Crippen LogP contribution in [0.2, 0.25) is 0 Å². The lowest BCUT2D eigenvalue weighted by Crippen LogP contribution is -2.37. The lowest BCUT2D eigenvalue weighted by atomic mass is 10.1. The number of aliphatic imine (C=N–C) groups is 1. The standard InChI is InChI=1S/C25H25N3O2S/c1-3-26-25(21(2)27-31(29,30)24-17-11-6-12-18-24)28(19-22-13-7-4-8-14-22)20-23-15-9-5-10-16-23/h3-18,27H,1-2,19-20H2. The molecule has 0 atom stereocenters. The van der Waals surface area contributed by atoms with Gasteiger partial charge >= 0.3 is 0 Å². The molecule has 0 radical (unpaired) electrons. The summed E-state index contributed by atoms with van der Waals surface area (Å²) in [6.07, 6.45) is 1.39. The number of sulfonamides is 1. The highest BCUT2D eigenvalue weighted by atomic mass is 32.2. The van der Waals surface area contributed by atoms with Gasteiger partial charge in [-0.3, -0.25) is 4.72 Å². The predicted octanol–water partition coefficient (Wildman–Crippen LogP) is 4.72. The lowest BCUT2D eigenvalue weighted by molar-refractivity contribution is 0.405. The van der Waals surface area contributed by atoms with Gasteiger partial charge in [0.1, 0.15) is 0 Å². The Kier molecular flexibility index (Phi) is 7.40. The Morgan fingerprint density at radius 1 is 0.839 bits per heavy atom. The first-order valence-corrected chi connectivity index (χ1v) is 11.3. The second-order valence-corrected chi connectivity index (χ2v) is 8.54. The maximum atomic E-state index is 12.8. The average molecular weight is 432 g/mol. The summed E-state index contributed by atoms with van der Waals surface area (Å²) in [5.41, 5.74) is 2.30. The molecule has 0 aromatic heterocycles. The Balaban J connectivity index is 1.91. The van der Waals surface area contributed by atoms with E-state index in [-0.39, 0.29) is 10.6 Å². The molecule has 0 amide bonds. The zero-order valence-corrected chi connectivity index (χ0v) is 18.0. The summed E-state index contributed by atoms with van der Waals surface area (Å²) in [5.74, 6) is 0.405. The first kappa shape index (κ1) is 22.1. The molecule has 0 aliphatic rings. The van der Waals surface area contributed by atoms with Crippen molar-refractivity contribution in [2.75, 3.05) is 0 Å². The number of nitrogens with one attached hydrogen (secondary N) is 1. The molecule has 5 nitrogen and oxygen atoms in total. The minimum Gasteiger partial charge on any atom is -0.346 e. The van der Waals surface area contributed by atoms with Gasteiger partial charge in [0.15, 0.2) is 5.84 Å². The molecular formula is C25H25N3O2S. The van der Waals surface area contributed by atoms with E-state index in [1.54, 1.807) is 18.2 Å². The van der Waals surface area contributed by atoms with E-state index in [1.165, 1.54) is 18.3 Å². The smallest absolute Gasteiger partial charge is 0.261 e. The van der Waals surface area contributed by atoms with Crippen LogP contribution in [0.15, 0.2) is 126 Å². The molecule has 3 aromatic rings. The van der Waals surface area contributed by atoms with E-state index >= 15 is 0 Å². The zero-order valence-electron chi connectivity index (χ0n) is 17.2. The fourth-order valence-electron chi connectivity index (χ4n) is 3.12. The van der Waals surface area contributed by atoms with Crippen molar-refractivity contribution in [1.82, 2.24) is 9.62 Å². The SMILES string of the molecule is C=CN=C(C(=C)NS(=O)(=O)c1ccccc1)N(Cc1ccccc1)Cc1ccccc1. The first-order valence-electron chi connectivity index (χ1n) is 9.78. The van der Waals surface area contributed by atoms with E-state index in [4.69, 9.17) is 0 Å². The van der Waals surface area contributed by atoms with Crippen molar-refractivity contribution in [3.05, 3.63) is 127 Å². The zero-order chi connectivity index (χ0) is 22.1. The lowest BCUT2D eigenvalue weighted by Gasteiger charge is -2.28. The van der Waals surface area contributed by atoms with Crippen molar-refractivity contribution in [1.29, 1.82) is 0 Å². The number of rotatable bonds is 9. The van der Waals surface area contributed by atoms with Crippen LogP contribution < -0.4 is 4.72 Å². The molecule has 0 fully saturated rings. The van der Waals surface area contributed by atoms with Crippen LogP contribution in [0.4, 0.5) is 0 Å². The highest BCUT2D eigenvalue weighted by Crippen LogP contribution is 2.16. The van der Waals surface area contributed by atoms with Crippen molar-refractivity contribution in [2.45, 2.75) is 18.0 Å². The Morgan fingerprint density at radius 3 is 1.74 bits per heavy atom. The van der Waals surface area contributed by atoms with Crippen LogP contribution in [0.3, 0.4) is 0 Å². The van der Waals surface area contributed by atoms with Gasteiger partial charge in [0.05, 0.1) is 10.6 Å². The van der Waals surface area contributed by atoms with Gasteiger partial charge in [-0.15, -0.1) is 0 Å². The molecular weight excluding hydrogens is 406 g/mol. The van der Waals surface area contributed by atoms with Gasteiger partial charge in [0.25, 0.3) is 10.0 Å². The number of hydrogen-bond acceptors (Lipinski definition) is 3. The molecule has 0 unspecified atom stereocenters. The topological polar surface area (TPSA) is 61.8 Å². The van der Waals surface area contributed by atoms with E-state index in [0.29, 0.717) is 18.9 Å². The molecule has 3 aromatic carbocycles. The van der Waals surface area contributed by atoms with E-state index in [2.05, 4.69) is 22.9 Å². The molecule has 6 heteroatoms. The van der Waals surface area contributed by atoms with Crippen molar-refractivity contribution < 1.29 is 8.42 Å². The Bertz CT molecular complexity index is 1100. The second kappa shape index (κ2) is 10.4. The van der Waals surface area contributed by atoms with Gasteiger partial charge in [0.2, 0.25) is 0 Å². The minimum atomic E-state index is -3.79. The third-order valence-corrected chi connectivity index (χ3v) is 5.93. The Hall–Kier alpha value is -3.64. The second-order valence-electron chi connectivity index (χ2n) is 6.86. The molecule has 31 heavy (non-hydrogen) atoms. The van der Waals surface area contributed by atoms with Crippen LogP contribution in [-0.2, 0) is 23.1 Å². The fourth-order valence-corrected chi connectivity index (χ4v) is 4.17. The van der Waals surface area contributed by atoms with Crippen LogP contribution in [0.5, 0.6) is 0 Å². The Morgan fingerprint density at radius 2 is 1.29 bits per heavy atom. The normalized spacial score (nSPS) is 11.5. The summed E-state index contributed by atoms with van der Waals surface area (Å²) in [7, 11) is -3.79. The average Bonchev–Trinajstić information content (AvgIpc) is 2.79. The van der Waals surface area contributed by atoms with Crippen LogP contribution in [0.1, 0.15) is 11.1 Å². The van der Waals surface area contributed by atoms with Gasteiger partial charge in [-0.2, -0.15) is 0 Å². The largest absolute Gasteiger partial charge is 0.346 e. The van der Waals surface area contributed by atoms with Gasteiger partial charge in [-0.25, -0.2) is 13.4 Å². The molecule has 158 valence electrons. The highest BCUT2D eigenvalue weighted by Gasteiger charge is 2.21. The summed E-state index contributed by atoms with van der Waals surface area (Å²) in [5, 5.41) is 0. The predicted molar refractivity (Wildman–Crippen MR) is 126 cm³/mol. The first-order chi connectivity index (χ1) is 15.0. The number of nitrogens with zero attached hydrogens (tertiary/aromatic N) is 2. The van der Waals surface area contributed by atoms with Gasteiger partial charge in [0, 0.05) is 19.3 Å². The van der Waals surface area contributed by atoms with Crippen molar-refractivity contribution in [2.24, 2.45) is 4.99 Å². The molecule has 0 heterocycles. The van der Waals surface area contributed by atoms with Crippen molar-refractivity contribution >= 4 is 15.9 Å². The van der Waals surface area contributed by atoms with Gasteiger partial charge < -0.3 is 4.90 Å². The summed E-state index contributed by atoms with van der Waals surface area (Å²) < 4.78 is 28.2. The van der Waals surface area contributed by atoms with Crippen molar-refractivity contribution in [3.63, 3.8) is 0 Å². The molecule has 0 saturated carbocycles.